The number of aromatic nitrogens is 1. The molecule has 0 amide bonds. The highest BCUT2D eigenvalue weighted by Gasteiger charge is 2.08. The van der Waals surface area contributed by atoms with Crippen LogP contribution >= 0.6 is 15.9 Å². The Morgan fingerprint density at radius 1 is 1.28 bits per heavy atom. The molecule has 1 atom stereocenters. The molecule has 94 valence electrons. The SMILES string of the molecule is Nc1ccc(C(O)CNc2ncccc2Br)cc1. The van der Waals surface area contributed by atoms with Crippen molar-refractivity contribution in [2.75, 3.05) is 17.6 Å². The van der Waals surface area contributed by atoms with Crippen LogP contribution in [0, 0.1) is 0 Å². The minimum Gasteiger partial charge on any atom is -0.399 e. The summed E-state index contributed by atoms with van der Waals surface area (Å²) in [4.78, 5) is 4.17. The first-order valence-electron chi connectivity index (χ1n) is 5.54. The number of nitrogens with two attached hydrogens (primary N) is 1. The van der Waals surface area contributed by atoms with E-state index in [4.69, 9.17) is 5.73 Å². The standard InChI is InChI=1S/C13H14BrN3O/c14-11-2-1-7-16-13(11)17-8-12(18)9-3-5-10(15)6-4-9/h1-7,12,18H,8,15H2,(H,16,17). The highest BCUT2D eigenvalue weighted by atomic mass is 79.9. The molecule has 1 heterocycles. The number of rotatable bonds is 4. The summed E-state index contributed by atoms with van der Waals surface area (Å²) in [6, 6.07) is 10.9. The summed E-state index contributed by atoms with van der Waals surface area (Å²) in [5.41, 5.74) is 7.11. The van der Waals surface area contributed by atoms with Crippen molar-refractivity contribution in [2.45, 2.75) is 6.10 Å². The van der Waals surface area contributed by atoms with Crippen molar-refractivity contribution < 1.29 is 5.11 Å². The third kappa shape index (κ3) is 3.21. The Labute approximate surface area is 114 Å². The van der Waals surface area contributed by atoms with E-state index in [0.29, 0.717) is 18.1 Å². The highest BCUT2D eigenvalue weighted by Crippen LogP contribution is 2.20. The van der Waals surface area contributed by atoms with E-state index in [-0.39, 0.29) is 0 Å². The number of aliphatic hydroxyl groups is 1. The smallest absolute Gasteiger partial charge is 0.140 e. The van der Waals surface area contributed by atoms with E-state index in [1.807, 2.05) is 24.3 Å². The monoisotopic (exact) mass is 307 g/mol. The average Bonchev–Trinajstić information content (AvgIpc) is 2.38. The quantitative estimate of drug-likeness (QED) is 0.759. The fraction of sp³-hybridized carbons (Fsp3) is 0.154. The molecule has 2 rings (SSSR count). The lowest BCUT2D eigenvalue weighted by Crippen LogP contribution is -2.13. The van der Waals surface area contributed by atoms with Crippen molar-refractivity contribution in [1.82, 2.24) is 4.98 Å². The van der Waals surface area contributed by atoms with Crippen molar-refractivity contribution in [3.05, 3.63) is 52.6 Å². The van der Waals surface area contributed by atoms with Gasteiger partial charge in [0, 0.05) is 18.4 Å². The number of anilines is 2. The summed E-state index contributed by atoms with van der Waals surface area (Å²) < 4.78 is 0.870. The first-order valence-corrected chi connectivity index (χ1v) is 6.34. The van der Waals surface area contributed by atoms with E-state index >= 15 is 0 Å². The van der Waals surface area contributed by atoms with Crippen LogP contribution < -0.4 is 11.1 Å². The number of nitrogens with zero attached hydrogens (tertiary/aromatic N) is 1. The number of nitrogen functional groups attached to an aromatic ring is 1. The fourth-order valence-electron chi connectivity index (χ4n) is 1.55. The third-order valence-corrected chi connectivity index (χ3v) is 3.18. The van der Waals surface area contributed by atoms with Crippen LogP contribution in [-0.4, -0.2) is 16.6 Å². The Hall–Kier alpha value is -1.59. The first kappa shape index (κ1) is 12.9. The van der Waals surface area contributed by atoms with Gasteiger partial charge in [-0.05, 0) is 45.8 Å². The maximum absolute atomic E-state index is 10.0. The fourth-order valence-corrected chi connectivity index (χ4v) is 1.94. The molecule has 2 aromatic rings. The minimum atomic E-state index is -0.598. The Morgan fingerprint density at radius 2 is 2.00 bits per heavy atom. The average molecular weight is 308 g/mol. The van der Waals surface area contributed by atoms with Gasteiger partial charge in [0.25, 0.3) is 0 Å². The van der Waals surface area contributed by atoms with Gasteiger partial charge in [-0.3, -0.25) is 0 Å². The Morgan fingerprint density at radius 3 is 2.67 bits per heavy atom. The summed E-state index contributed by atoms with van der Waals surface area (Å²) in [5.74, 6) is 0.715. The molecule has 18 heavy (non-hydrogen) atoms. The van der Waals surface area contributed by atoms with E-state index in [1.165, 1.54) is 0 Å². The van der Waals surface area contributed by atoms with Crippen LogP contribution in [0.15, 0.2) is 47.1 Å². The molecule has 0 saturated heterocycles. The van der Waals surface area contributed by atoms with E-state index in [9.17, 15) is 5.11 Å². The number of aliphatic hydroxyl groups excluding tert-OH is 1. The number of hydrogen-bond donors (Lipinski definition) is 3. The van der Waals surface area contributed by atoms with Gasteiger partial charge >= 0.3 is 0 Å². The largest absolute Gasteiger partial charge is 0.399 e. The number of halogens is 1. The molecule has 0 spiro atoms. The molecule has 5 heteroatoms. The second-order valence-corrected chi connectivity index (χ2v) is 4.75. The zero-order valence-electron chi connectivity index (χ0n) is 9.68. The van der Waals surface area contributed by atoms with Gasteiger partial charge in [-0.2, -0.15) is 0 Å². The molecule has 4 nitrogen and oxygen atoms in total. The summed E-state index contributed by atoms with van der Waals surface area (Å²) in [6.07, 6.45) is 1.10. The van der Waals surface area contributed by atoms with Gasteiger partial charge in [0.05, 0.1) is 10.6 Å². The zero-order chi connectivity index (χ0) is 13.0. The van der Waals surface area contributed by atoms with Gasteiger partial charge in [-0.1, -0.05) is 12.1 Å². The molecular weight excluding hydrogens is 294 g/mol. The van der Waals surface area contributed by atoms with Crippen molar-refractivity contribution >= 4 is 27.4 Å². The van der Waals surface area contributed by atoms with E-state index in [2.05, 4.69) is 26.2 Å². The first-order chi connectivity index (χ1) is 8.66. The van der Waals surface area contributed by atoms with Crippen LogP contribution in [0.3, 0.4) is 0 Å². The van der Waals surface area contributed by atoms with E-state index in [1.54, 1.807) is 18.3 Å². The van der Waals surface area contributed by atoms with Crippen LogP contribution in [-0.2, 0) is 0 Å². The summed E-state index contributed by atoms with van der Waals surface area (Å²) in [7, 11) is 0. The van der Waals surface area contributed by atoms with Crippen molar-refractivity contribution in [2.24, 2.45) is 0 Å². The van der Waals surface area contributed by atoms with Crippen molar-refractivity contribution in [3.8, 4) is 0 Å². The molecule has 0 bridgehead atoms. The lowest BCUT2D eigenvalue weighted by molar-refractivity contribution is 0.191. The van der Waals surface area contributed by atoms with E-state index in [0.717, 1.165) is 10.0 Å². The summed E-state index contributed by atoms with van der Waals surface area (Å²) in [6.45, 7) is 0.388. The molecule has 1 aromatic carbocycles. The molecule has 0 aliphatic rings. The Bertz CT molecular complexity index is 516. The molecule has 4 N–H and O–H groups in total. The predicted octanol–water partition coefficient (Wildman–Crippen LogP) is 2.57. The maximum atomic E-state index is 10.0. The zero-order valence-corrected chi connectivity index (χ0v) is 11.3. The molecule has 0 aliphatic heterocycles. The molecular formula is C13H14BrN3O. The molecule has 0 aliphatic carbocycles. The maximum Gasteiger partial charge on any atom is 0.140 e. The number of benzene rings is 1. The second kappa shape index (κ2) is 5.84. The van der Waals surface area contributed by atoms with Gasteiger partial charge in [-0.25, -0.2) is 4.98 Å². The summed E-state index contributed by atoms with van der Waals surface area (Å²) in [5, 5.41) is 13.1. The Kier molecular flexibility index (Phi) is 4.17. The van der Waals surface area contributed by atoms with Crippen LogP contribution in [0.4, 0.5) is 11.5 Å². The van der Waals surface area contributed by atoms with Crippen LogP contribution in [0.25, 0.3) is 0 Å². The van der Waals surface area contributed by atoms with Crippen LogP contribution in [0.5, 0.6) is 0 Å². The predicted molar refractivity (Wildman–Crippen MR) is 76.2 cm³/mol. The van der Waals surface area contributed by atoms with Crippen molar-refractivity contribution in [3.63, 3.8) is 0 Å². The normalized spacial score (nSPS) is 12.1. The second-order valence-electron chi connectivity index (χ2n) is 3.90. The molecule has 0 fully saturated rings. The molecule has 1 unspecified atom stereocenters. The topological polar surface area (TPSA) is 71.2 Å². The van der Waals surface area contributed by atoms with Crippen LogP contribution in [0.1, 0.15) is 11.7 Å². The third-order valence-electron chi connectivity index (χ3n) is 2.54. The van der Waals surface area contributed by atoms with E-state index < -0.39 is 6.10 Å². The van der Waals surface area contributed by atoms with Gasteiger partial charge in [0.2, 0.25) is 0 Å². The number of hydrogen-bond acceptors (Lipinski definition) is 4. The van der Waals surface area contributed by atoms with Gasteiger partial charge < -0.3 is 16.2 Å². The number of nitrogens with one attached hydrogen (secondary N) is 1. The van der Waals surface area contributed by atoms with Gasteiger partial charge in [0.1, 0.15) is 5.82 Å². The van der Waals surface area contributed by atoms with Gasteiger partial charge in [-0.15, -0.1) is 0 Å². The lowest BCUT2D eigenvalue weighted by atomic mass is 10.1. The van der Waals surface area contributed by atoms with Crippen LogP contribution in [0.2, 0.25) is 0 Å². The molecule has 0 radical (unpaired) electrons. The highest BCUT2D eigenvalue weighted by molar-refractivity contribution is 9.10. The molecule has 0 saturated carbocycles. The van der Waals surface area contributed by atoms with Gasteiger partial charge in [0.15, 0.2) is 0 Å². The minimum absolute atomic E-state index is 0.388. The number of pyridine rings is 1. The lowest BCUT2D eigenvalue weighted by Gasteiger charge is -2.13. The summed E-state index contributed by atoms with van der Waals surface area (Å²) >= 11 is 3.39. The van der Waals surface area contributed by atoms with Crippen molar-refractivity contribution in [1.29, 1.82) is 0 Å². The Balaban J connectivity index is 1.98. The molecule has 1 aromatic heterocycles.